The summed E-state index contributed by atoms with van der Waals surface area (Å²) in [4.78, 5) is 26.2. The van der Waals surface area contributed by atoms with E-state index in [0.29, 0.717) is 6.04 Å². The molecule has 2 N–H and O–H groups in total. The normalized spacial score (nSPS) is 30.3. The van der Waals surface area contributed by atoms with E-state index in [9.17, 15) is 9.59 Å². The van der Waals surface area contributed by atoms with E-state index >= 15 is 0 Å². The Hall–Kier alpha value is -0.810. The monoisotopic (exact) mass is 303 g/mol. The van der Waals surface area contributed by atoms with Gasteiger partial charge in [0.1, 0.15) is 6.04 Å². The van der Waals surface area contributed by atoms with Crippen molar-refractivity contribution in [2.24, 2.45) is 5.92 Å². The highest BCUT2D eigenvalue weighted by molar-refractivity contribution is 5.90. The molecule has 0 aliphatic carbocycles. The summed E-state index contributed by atoms with van der Waals surface area (Å²) in [5, 5.41) is 6.28. The van der Waals surface area contributed by atoms with Gasteiger partial charge in [-0.05, 0) is 46.6 Å². The van der Waals surface area contributed by atoms with Gasteiger partial charge in [-0.2, -0.15) is 0 Å². The summed E-state index contributed by atoms with van der Waals surface area (Å²) in [7, 11) is 0. The smallest absolute Gasteiger partial charge is 0.245 e. The molecule has 0 aromatic heterocycles. The Bertz CT molecular complexity index is 362. The lowest BCUT2D eigenvalue weighted by molar-refractivity contribution is -0.135. The first-order chi connectivity index (χ1) is 8.99. The number of nitrogens with zero attached hydrogens (tertiary/aromatic N) is 1. The summed E-state index contributed by atoms with van der Waals surface area (Å²) in [6.45, 7) is 7.76. The van der Waals surface area contributed by atoms with Crippen molar-refractivity contribution in [3.63, 3.8) is 0 Å². The van der Waals surface area contributed by atoms with Crippen LogP contribution in [0.1, 0.15) is 40.0 Å². The second-order valence-corrected chi connectivity index (χ2v) is 6.05. The Morgan fingerprint density at radius 1 is 1.40 bits per heavy atom. The number of carbonyl (C=O) groups is 2. The fourth-order valence-electron chi connectivity index (χ4n) is 3.01. The minimum atomic E-state index is -0.305. The molecule has 0 radical (unpaired) electrons. The van der Waals surface area contributed by atoms with Crippen LogP contribution in [0.3, 0.4) is 0 Å². The van der Waals surface area contributed by atoms with Crippen LogP contribution in [0, 0.1) is 5.92 Å². The highest BCUT2D eigenvalue weighted by Crippen LogP contribution is 2.19. The van der Waals surface area contributed by atoms with E-state index in [1.807, 2.05) is 18.7 Å². The Labute approximate surface area is 127 Å². The number of hydrogen-bond acceptors (Lipinski definition) is 3. The van der Waals surface area contributed by atoms with Crippen molar-refractivity contribution in [1.82, 2.24) is 15.5 Å². The number of amides is 2. The maximum Gasteiger partial charge on any atom is 0.245 e. The van der Waals surface area contributed by atoms with Crippen molar-refractivity contribution < 1.29 is 9.59 Å². The van der Waals surface area contributed by atoms with Gasteiger partial charge >= 0.3 is 0 Å². The third-order valence-corrected chi connectivity index (χ3v) is 4.17. The molecule has 2 aliphatic heterocycles. The molecule has 2 heterocycles. The van der Waals surface area contributed by atoms with Gasteiger partial charge in [-0.25, -0.2) is 0 Å². The number of nitrogens with one attached hydrogen (secondary N) is 2. The van der Waals surface area contributed by atoms with Crippen molar-refractivity contribution in [3.8, 4) is 0 Å². The van der Waals surface area contributed by atoms with Crippen molar-refractivity contribution in [2.45, 2.75) is 58.2 Å². The van der Waals surface area contributed by atoms with Crippen molar-refractivity contribution in [1.29, 1.82) is 0 Å². The van der Waals surface area contributed by atoms with Gasteiger partial charge in [-0.1, -0.05) is 0 Å². The summed E-state index contributed by atoms with van der Waals surface area (Å²) in [5.41, 5.74) is 0. The van der Waals surface area contributed by atoms with E-state index in [1.54, 1.807) is 0 Å². The average molecular weight is 304 g/mol. The van der Waals surface area contributed by atoms with E-state index in [1.165, 1.54) is 0 Å². The lowest BCUT2D eigenvalue weighted by Crippen LogP contribution is -2.48. The van der Waals surface area contributed by atoms with Gasteiger partial charge in [0, 0.05) is 24.5 Å². The Kier molecular flexibility index (Phi) is 6.27. The molecule has 5 nitrogen and oxygen atoms in total. The minimum Gasteiger partial charge on any atom is -0.344 e. The topological polar surface area (TPSA) is 61.4 Å². The molecule has 0 saturated carbocycles. The lowest BCUT2D eigenvalue weighted by Gasteiger charge is -2.28. The highest BCUT2D eigenvalue weighted by atomic mass is 35.5. The molecule has 2 fully saturated rings. The number of carbonyl (C=O) groups excluding carboxylic acids is 2. The second-order valence-electron chi connectivity index (χ2n) is 6.05. The number of piperidine rings is 1. The van der Waals surface area contributed by atoms with Crippen molar-refractivity contribution >= 4 is 24.2 Å². The quantitative estimate of drug-likeness (QED) is 0.815. The maximum absolute atomic E-state index is 12.2. The van der Waals surface area contributed by atoms with Gasteiger partial charge in [-0.15, -0.1) is 12.4 Å². The maximum atomic E-state index is 12.2. The molecule has 2 amide bonds. The molecule has 6 heteroatoms. The summed E-state index contributed by atoms with van der Waals surface area (Å²) < 4.78 is 0. The van der Waals surface area contributed by atoms with Gasteiger partial charge in [0.15, 0.2) is 0 Å². The number of hydrogen-bond donors (Lipinski definition) is 2. The van der Waals surface area contributed by atoms with Crippen LogP contribution in [0.4, 0.5) is 0 Å². The predicted molar refractivity (Wildman–Crippen MR) is 80.8 cm³/mol. The zero-order valence-electron chi connectivity index (χ0n) is 12.5. The predicted octanol–water partition coefficient (Wildman–Crippen LogP) is 0.922. The molecule has 20 heavy (non-hydrogen) atoms. The molecule has 1 unspecified atom stereocenters. The molecule has 3 atom stereocenters. The molecule has 0 spiro atoms. The molecule has 0 bridgehead atoms. The fourth-order valence-corrected chi connectivity index (χ4v) is 3.01. The Morgan fingerprint density at radius 2 is 2.10 bits per heavy atom. The second kappa shape index (κ2) is 7.27. The number of halogens is 1. The van der Waals surface area contributed by atoms with Gasteiger partial charge in [0.05, 0.1) is 0 Å². The number of rotatable bonds is 3. The lowest BCUT2D eigenvalue weighted by atomic mass is 9.92. The molecule has 2 rings (SSSR count). The zero-order chi connectivity index (χ0) is 14.0. The summed E-state index contributed by atoms with van der Waals surface area (Å²) in [6.07, 6.45) is 2.47. The fraction of sp³-hybridized carbons (Fsp3) is 0.857. The van der Waals surface area contributed by atoms with Crippen molar-refractivity contribution in [3.05, 3.63) is 0 Å². The molecule has 2 saturated heterocycles. The summed E-state index contributed by atoms with van der Waals surface area (Å²) >= 11 is 0. The molecular weight excluding hydrogens is 278 g/mol. The van der Waals surface area contributed by atoms with Crippen LogP contribution < -0.4 is 10.6 Å². The third-order valence-electron chi connectivity index (χ3n) is 4.17. The van der Waals surface area contributed by atoms with E-state index in [2.05, 4.69) is 17.6 Å². The Balaban J connectivity index is 0.00000200. The molecular formula is C14H26ClN3O2. The standard InChI is InChI=1S/C14H25N3O2.ClH/c1-9(2)17-7-5-12(14(17)19)16-13(18)11-4-6-15-10(3)8-11;/h9-12,15H,4-8H2,1-3H3,(H,16,18);1H/t10-,11-,12?;/m0./s1. The first-order valence-corrected chi connectivity index (χ1v) is 7.33. The number of likely N-dealkylation sites (tertiary alicyclic amines) is 1. The van der Waals surface area contributed by atoms with Gasteiger partial charge in [-0.3, -0.25) is 9.59 Å². The largest absolute Gasteiger partial charge is 0.344 e. The van der Waals surface area contributed by atoms with Crippen LogP contribution >= 0.6 is 12.4 Å². The molecule has 0 aromatic carbocycles. The molecule has 2 aliphatic rings. The molecule has 116 valence electrons. The zero-order valence-corrected chi connectivity index (χ0v) is 13.3. The van der Waals surface area contributed by atoms with Crippen LogP contribution in [0.25, 0.3) is 0 Å². The molecule has 0 aromatic rings. The SMILES string of the molecule is CC(C)N1CCC(NC(=O)[C@H]2CCN[C@@H](C)C2)C1=O.Cl. The Morgan fingerprint density at radius 3 is 2.65 bits per heavy atom. The van der Waals surface area contributed by atoms with Gasteiger partial charge in [0.25, 0.3) is 0 Å². The average Bonchev–Trinajstić information content (AvgIpc) is 2.71. The van der Waals surface area contributed by atoms with Gasteiger partial charge in [0.2, 0.25) is 11.8 Å². The van der Waals surface area contributed by atoms with Gasteiger partial charge < -0.3 is 15.5 Å². The highest BCUT2D eigenvalue weighted by Gasteiger charge is 2.35. The van der Waals surface area contributed by atoms with E-state index in [4.69, 9.17) is 0 Å². The first-order valence-electron chi connectivity index (χ1n) is 7.33. The van der Waals surface area contributed by atoms with E-state index in [0.717, 1.165) is 32.4 Å². The van der Waals surface area contributed by atoms with E-state index in [-0.39, 0.29) is 42.2 Å². The van der Waals surface area contributed by atoms with Crippen LogP contribution in [-0.4, -0.2) is 47.9 Å². The van der Waals surface area contributed by atoms with E-state index < -0.39 is 0 Å². The van der Waals surface area contributed by atoms with Crippen LogP contribution in [0.5, 0.6) is 0 Å². The summed E-state index contributed by atoms with van der Waals surface area (Å²) in [6, 6.07) is 0.296. The van der Waals surface area contributed by atoms with Crippen molar-refractivity contribution in [2.75, 3.05) is 13.1 Å². The summed E-state index contributed by atoms with van der Waals surface area (Å²) in [5.74, 6) is 0.180. The first kappa shape index (κ1) is 17.2. The van der Waals surface area contributed by atoms with Crippen LogP contribution in [-0.2, 0) is 9.59 Å². The van der Waals surface area contributed by atoms with Crippen LogP contribution in [0.2, 0.25) is 0 Å². The minimum absolute atomic E-state index is 0. The van der Waals surface area contributed by atoms with Crippen LogP contribution in [0.15, 0.2) is 0 Å². The third kappa shape index (κ3) is 3.85.